The summed E-state index contributed by atoms with van der Waals surface area (Å²) in [5, 5.41) is 10.5. The number of nitrogens with zero attached hydrogens (tertiary/aromatic N) is 1. The van der Waals surface area contributed by atoms with E-state index in [-0.39, 0.29) is 4.90 Å². The monoisotopic (exact) mass is 159 g/mol. The topological polar surface area (TPSA) is 113 Å². The van der Waals surface area contributed by atoms with Crippen LogP contribution in [0.4, 0.5) is 9.59 Å². The second-order valence-corrected chi connectivity index (χ2v) is 1.88. The van der Waals surface area contributed by atoms with Crippen LogP contribution >= 0.6 is 0 Å². The van der Waals surface area contributed by atoms with E-state index in [9.17, 15) is 14.4 Å². The van der Waals surface area contributed by atoms with Crippen molar-refractivity contribution in [3.8, 4) is 0 Å². The highest BCUT2D eigenvalue weighted by atomic mass is 16.3. The van der Waals surface area contributed by atoms with Gasteiger partial charge in [-0.2, -0.15) is 0 Å². The molecule has 0 aromatic carbocycles. The van der Waals surface area contributed by atoms with Gasteiger partial charge in [-0.25, -0.2) is 14.5 Å². The minimum Gasteiger partial charge on any atom is -0.365 e. The number of carbonyl (C=O) groups excluding carboxylic acids is 3. The molecule has 5 amide bonds. The summed E-state index contributed by atoms with van der Waals surface area (Å²) in [5.74, 6) is -0.950. The van der Waals surface area contributed by atoms with Crippen molar-refractivity contribution in [1.29, 1.82) is 0 Å². The summed E-state index contributed by atoms with van der Waals surface area (Å²) in [4.78, 5) is 31.6. The molecular formula is C4H5N3O4. The highest BCUT2D eigenvalue weighted by Gasteiger charge is 2.40. The van der Waals surface area contributed by atoms with Crippen LogP contribution in [0.5, 0.6) is 0 Å². The molecule has 1 saturated heterocycles. The molecule has 60 valence electrons. The van der Waals surface area contributed by atoms with Crippen LogP contribution in [0.1, 0.15) is 0 Å². The van der Waals surface area contributed by atoms with Gasteiger partial charge in [-0.05, 0) is 0 Å². The molecule has 0 aromatic rings. The Morgan fingerprint density at radius 2 is 2.18 bits per heavy atom. The predicted molar refractivity (Wildman–Crippen MR) is 31.0 cm³/mol. The number of imide groups is 2. The Bertz CT molecular complexity index is 237. The van der Waals surface area contributed by atoms with Gasteiger partial charge in [0, 0.05) is 0 Å². The van der Waals surface area contributed by atoms with Crippen molar-refractivity contribution in [2.75, 3.05) is 0 Å². The van der Waals surface area contributed by atoms with E-state index in [4.69, 9.17) is 5.11 Å². The smallest absolute Gasteiger partial charge is 0.334 e. The summed E-state index contributed by atoms with van der Waals surface area (Å²) in [6.07, 6.45) is -1.79. The Hall–Kier alpha value is -1.63. The molecule has 1 aliphatic rings. The molecule has 7 heteroatoms. The lowest BCUT2D eigenvalue weighted by Gasteiger charge is -2.10. The maximum atomic E-state index is 10.6. The summed E-state index contributed by atoms with van der Waals surface area (Å²) < 4.78 is 0. The summed E-state index contributed by atoms with van der Waals surface area (Å²) in [6.45, 7) is 0. The Morgan fingerprint density at radius 3 is 2.36 bits per heavy atom. The van der Waals surface area contributed by atoms with E-state index < -0.39 is 24.2 Å². The fraction of sp³-hybridized carbons (Fsp3) is 0.250. The van der Waals surface area contributed by atoms with E-state index in [1.165, 1.54) is 0 Å². The van der Waals surface area contributed by atoms with E-state index in [0.29, 0.717) is 0 Å². The van der Waals surface area contributed by atoms with Crippen molar-refractivity contribution < 1.29 is 19.5 Å². The number of aliphatic hydroxyl groups is 1. The largest absolute Gasteiger partial charge is 0.365 e. The Morgan fingerprint density at radius 1 is 1.64 bits per heavy atom. The molecule has 0 aromatic heterocycles. The zero-order chi connectivity index (χ0) is 8.59. The molecule has 1 fully saturated rings. The number of nitrogens with two attached hydrogens (primary N) is 1. The van der Waals surface area contributed by atoms with Crippen LogP contribution in [0.3, 0.4) is 0 Å². The molecule has 1 unspecified atom stereocenters. The van der Waals surface area contributed by atoms with E-state index in [1.54, 1.807) is 5.32 Å². The van der Waals surface area contributed by atoms with Gasteiger partial charge < -0.3 is 10.8 Å². The normalized spacial score (nSPS) is 23.7. The van der Waals surface area contributed by atoms with Crippen LogP contribution in [0, 0.1) is 0 Å². The standard InChI is InChI=1S/C4H5N3O4/c5-3(10)7-2(9)1(8)6-4(7)11/h2,9H,(H2,5,10)(H,6,8,11). The Balaban J connectivity index is 2.88. The number of urea groups is 2. The van der Waals surface area contributed by atoms with E-state index in [2.05, 4.69) is 5.73 Å². The molecule has 0 aliphatic carbocycles. The average Bonchev–Trinajstić information content (AvgIpc) is 2.07. The molecule has 1 rings (SSSR count). The number of primary amides is 1. The lowest BCUT2D eigenvalue weighted by molar-refractivity contribution is -0.129. The van der Waals surface area contributed by atoms with Gasteiger partial charge in [0.1, 0.15) is 0 Å². The predicted octanol–water partition coefficient (Wildman–Crippen LogP) is -2.06. The fourth-order valence-electron chi connectivity index (χ4n) is 0.679. The van der Waals surface area contributed by atoms with Gasteiger partial charge >= 0.3 is 12.1 Å². The van der Waals surface area contributed by atoms with Crippen LogP contribution in [0.2, 0.25) is 0 Å². The highest BCUT2D eigenvalue weighted by molar-refractivity contribution is 6.10. The van der Waals surface area contributed by atoms with Gasteiger partial charge in [0.25, 0.3) is 5.91 Å². The zero-order valence-electron chi connectivity index (χ0n) is 5.27. The molecule has 0 bridgehead atoms. The molecule has 4 N–H and O–H groups in total. The van der Waals surface area contributed by atoms with Crippen LogP contribution in [0.15, 0.2) is 0 Å². The molecule has 1 atom stereocenters. The third kappa shape index (κ3) is 1.01. The molecule has 1 heterocycles. The number of aliphatic hydroxyl groups excluding tert-OH is 1. The zero-order valence-corrected chi connectivity index (χ0v) is 5.27. The lowest BCUT2D eigenvalue weighted by atomic mass is 10.5. The molecule has 0 spiro atoms. The molecule has 11 heavy (non-hydrogen) atoms. The number of carbonyl (C=O) groups is 3. The number of nitrogens with one attached hydrogen (secondary N) is 1. The molecule has 7 nitrogen and oxygen atoms in total. The van der Waals surface area contributed by atoms with Crippen molar-refractivity contribution in [2.45, 2.75) is 6.23 Å². The Kier molecular flexibility index (Phi) is 1.50. The van der Waals surface area contributed by atoms with Gasteiger partial charge in [-0.1, -0.05) is 0 Å². The minimum atomic E-state index is -1.79. The van der Waals surface area contributed by atoms with Crippen LogP contribution in [-0.4, -0.2) is 34.2 Å². The third-order valence-corrected chi connectivity index (χ3v) is 1.17. The number of hydrogen-bond donors (Lipinski definition) is 3. The molecule has 1 aliphatic heterocycles. The molecular weight excluding hydrogens is 154 g/mol. The van der Waals surface area contributed by atoms with Crippen molar-refractivity contribution in [2.24, 2.45) is 5.73 Å². The summed E-state index contributed by atoms with van der Waals surface area (Å²) in [5.41, 5.74) is 4.65. The SMILES string of the molecule is NC(=O)N1C(=O)NC(=O)C1O. The third-order valence-electron chi connectivity index (χ3n) is 1.17. The highest BCUT2D eigenvalue weighted by Crippen LogP contribution is 2.03. The summed E-state index contributed by atoms with van der Waals surface area (Å²) >= 11 is 0. The van der Waals surface area contributed by atoms with E-state index in [0.717, 1.165) is 0 Å². The quantitative estimate of drug-likeness (QED) is 0.352. The number of amides is 5. The second kappa shape index (κ2) is 2.20. The van der Waals surface area contributed by atoms with Gasteiger partial charge in [-0.15, -0.1) is 0 Å². The summed E-state index contributed by atoms with van der Waals surface area (Å²) in [7, 11) is 0. The van der Waals surface area contributed by atoms with E-state index in [1.807, 2.05) is 0 Å². The first-order valence-corrected chi connectivity index (χ1v) is 2.65. The maximum absolute atomic E-state index is 10.6. The van der Waals surface area contributed by atoms with Gasteiger partial charge in [-0.3, -0.25) is 10.1 Å². The first-order chi connectivity index (χ1) is 5.04. The van der Waals surface area contributed by atoms with Crippen molar-refractivity contribution in [3.63, 3.8) is 0 Å². The van der Waals surface area contributed by atoms with Crippen molar-refractivity contribution in [3.05, 3.63) is 0 Å². The van der Waals surface area contributed by atoms with Crippen LogP contribution < -0.4 is 11.1 Å². The summed E-state index contributed by atoms with van der Waals surface area (Å²) in [6, 6.07) is -2.17. The van der Waals surface area contributed by atoms with Crippen molar-refractivity contribution >= 4 is 18.0 Å². The van der Waals surface area contributed by atoms with Crippen LogP contribution in [0.25, 0.3) is 0 Å². The Labute approximate surface area is 60.8 Å². The number of rotatable bonds is 0. The van der Waals surface area contributed by atoms with Gasteiger partial charge in [0.15, 0.2) is 0 Å². The second-order valence-electron chi connectivity index (χ2n) is 1.88. The minimum absolute atomic E-state index is 0.225. The maximum Gasteiger partial charge on any atom is 0.334 e. The van der Waals surface area contributed by atoms with Gasteiger partial charge in [0.05, 0.1) is 0 Å². The van der Waals surface area contributed by atoms with Crippen LogP contribution in [-0.2, 0) is 4.79 Å². The fourth-order valence-corrected chi connectivity index (χ4v) is 0.679. The van der Waals surface area contributed by atoms with Crippen molar-refractivity contribution in [1.82, 2.24) is 10.2 Å². The van der Waals surface area contributed by atoms with E-state index >= 15 is 0 Å². The molecule has 0 saturated carbocycles. The average molecular weight is 159 g/mol. The van der Waals surface area contributed by atoms with Gasteiger partial charge in [0.2, 0.25) is 6.23 Å². The lowest BCUT2D eigenvalue weighted by Crippen LogP contribution is -2.43. The number of hydrogen-bond acceptors (Lipinski definition) is 4. The molecule has 0 radical (unpaired) electrons. The first-order valence-electron chi connectivity index (χ1n) is 2.65. The first kappa shape index (κ1) is 7.48.